The fraction of sp³-hybridized carbons (Fsp3) is 0.409. The molecule has 0 spiro atoms. The van der Waals surface area contributed by atoms with Crippen LogP contribution in [0.1, 0.15) is 18.6 Å². The number of amides is 2. The van der Waals surface area contributed by atoms with Crippen molar-refractivity contribution in [1.82, 2.24) is 15.2 Å². The molecule has 7 heteroatoms. The van der Waals surface area contributed by atoms with Gasteiger partial charge in [0.05, 0.1) is 24.6 Å². The lowest BCUT2D eigenvalue weighted by atomic mass is 9.81. The lowest BCUT2D eigenvalue weighted by Gasteiger charge is -2.38. The largest absolute Gasteiger partial charge is 0.467 e. The fourth-order valence-electron chi connectivity index (χ4n) is 4.03. The zero-order valence-electron chi connectivity index (χ0n) is 16.4. The predicted octanol–water partition coefficient (Wildman–Crippen LogP) is 2.22. The van der Waals surface area contributed by atoms with Crippen molar-refractivity contribution in [1.29, 1.82) is 0 Å². The first kappa shape index (κ1) is 19.2. The van der Waals surface area contributed by atoms with Gasteiger partial charge in [0.15, 0.2) is 0 Å². The molecule has 3 heterocycles. The highest BCUT2D eigenvalue weighted by Gasteiger charge is 2.37. The predicted molar refractivity (Wildman–Crippen MR) is 109 cm³/mol. The van der Waals surface area contributed by atoms with Crippen molar-refractivity contribution in [2.24, 2.45) is 11.8 Å². The Labute approximate surface area is 170 Å². The molecule has 1 fully saturated rings. The maximum absolute atomic E-state index is 13.2. The summed E-state index contributed by atoms with van der Waals surface area (Å²) in [5, 5.41) is 2.92. The van der Waals surface area contributed by atoms with Crippen molar-refractivity contribution in [3.05, 3.63) is 60.7 Å². The van der Waals surface area contributed by atoms with Crippen LogP contribution in [0.5, 0.6) is 0 Å². The van der Waals surface area contributed by atoms with Crippen molar-refractivity contribution >= 4 is 17.6 Å². The van der Waals surface area contributed by atoms with Crippen LogP contribution in [-0.2, 0) is 16.1 Å². The zero-order valence-corrected chi connectivity index (χ0v) is 16.4. The van der Waals surface area contributed by atoms with E-state index in [0.717, 1.165) is 18.9 Å². The van der Waals surface area contributed by atoms with Gasteiger partial charge in [-0.25, -0.2) is 4.98 Å². The Balaban J connectivity index is 1.35. The van der Waals surface area contributed by atoms with E-state index in [1.54, 1.807) is 18.5 Å². The van der Waals surface area contributed by atoms with Gasteiger partial charge in [0.1, 0.15) is 11.6 Å². The SMILES string of the molecule is O=C(NCc1ccco1)C1CC=CCC1C(=O)N1CCN(c2ccccn2)CC1. The van der Waals surface area contributed by atoms with E-state index in [-0.39, 0.29) is 23.7 Å². The third-order valence-corrected chi connectivity index (χ3v) is 5.67. The van der Waals surface area contributed by atoms with Crippen molar-refractivity contribution in [2.75, 3.05) is 31.1 Å². The van der Waals surface area contributed by atoms with E-state index in [0.29, 0.717) is 38.2 Å². The molecule has 2 unspecified atom stereocenters. The third kappa shape index (κ3) is 4.50. The monoisotopic (exact) mass is 394 g/mol. The molecule has 1 aliphatic carbocycles. The molecular formula is C22H26N4O3. The van der Waals surface area contributed by atoms with Crippen molar-refractivity contribution < 1.29 is 14.0 Å². The highest BCUT2D eigenvalue weighted by molar-refractivity contribution is 5.88. The molecule has 1 N–H and O–H groups in total. The van der Waals surface area contributed by atoms with Gasteiger partial charge in [-0.1, -0.05) is 18.2 Å². The molecule has 152 valence electrons. The van der Waals surface area contributed by atoms with E-state index in [9.17, 15) is 9.59 Å². The number of hydrogen-bond donors (Lipinski definition) is 1. The van der Waals surface area contributed by atoms with Crippen LogP contribution in [-0.4, -0.2) is 47.9 Å². The molecular weight excluding hydrogens is 368 g/mol. The second-order valence-corrected chi connectivity index (χ2v) is 7.45. The highest BCUT2D eigenvalue weighted by Crippen LogP contribution is 2.28. The van der Waals surface area contributed by atoms with E-state index < -0.39 is 0 Å². The molecule has 1 saturated heterocycles. The molecule has 0 aromatic carbocycles. The first-order valence-corrected chi connectivity index (χ1v) is 10.1. The van der Waals surface area contributed by atoms with Crippen molar-refractivity contribution in [2.45, 2.75) is 19.4 Å². The summed E-state index contributed by atoms with van der Waals surface area (Å²) in [5.41, 5.74) is 0. The number of piperazine rings is 1. The number of aromatic nitrogens is 1. The number of allylic oxidation sites excluding steroid dienone is 2. The number of nitrogens with one attached hydrogen (secondary N) is 1. The Morgan fingerprint density at radius 1 is 1.03 bits per heavy atom. The van der Waals surface area contributed by atoms with Crippen LogP contribution in [0.2, 0.25) is 0 Å². The molecule has 0 saturated carbocycles. The van der Waals surface area contributed by atoms with Gasteiger partial charge in [0, 0.05) is 32.4 Å². The third-order valence-electron chi connectivity index (χ3n) is 5.67. The minimum absolute atomic E-state index is 0.0770. The van der Waals surface area contributed by atoms with Gasteiger partial charge in [0.2, 0.25) is 11.8 Å². The summed E-state index contributed by atoms with van der Waals surface area (Å²) in [6.07, 6.45) is 8.59. The summed E-state index contributed by atoms with van der Waals surface area (Å²) in [4.78, 5) is 34.4. The zero-order chi connectivity index (χ0) is 20.1. The average molecular weight is 394 g/mol. The minimum atomic E-state index is -0.337. The number of carbonyl (C=O) groups is 2. The molecule has 0 bridgehead atoms. The lowest BCUT2D eigenvalue weighted by molar-refractivity contribution is -0.142. The van der Waals surface area contributed by atoms with Crippen LogP contribution in [0.3, 0.4) is 0 Å². The van der Waals surface area contributed by atoms with Gasteiger partial charge in [-0.2, -0.15) is 0 Å². The Morgan fingerprint density at radius 3 is 2.52 bits per heavy atom. The van der Waals surface area contributed by atoms with E-state index in [1.165, 1.54) is 0 Å². The van der Waals surface area contributed by atoms with Crippen molar-refractivity contribution in [3.63, 3.8) is 0 Å². The average Bonchev–Trinajstić information content (AvgIpc) is 3.31. The number of nitrogens with zero attached hydrogens (tertiary/aromatic N) is 3. The van der Waals surface area contributed by atoms with Gasteiger partial charge >= 0.3 is 0 Å². The number of furan rings is 1. The highest BCUT2D eigenvalue weighted by atomic mass is 16.3. The van der Waals surface area contributed by atoms with Gasteiger partial charge in [0.25, 0.3) is 0 Å². The smallest absolute Gasteiger partial charge is 0.226 e. The molecule has 29 heavy (non-hydrogen) atoms. The summed E-state index contributed by atoms with van der Waals surface area (Å²) >= 11 is 0. The molecule has 2 aliphatic rings. The number of hydrogen-bond acceptors (Lipinski definition) is 5. The summed E-state index contributed by atoms with van der Waals surface area (Å²) in [6.45, 7) is 3.14. The Morgan fingerprint density at radius 2 is 1.83 bits per heavy atom. The van der Waals surface area contributed by atoms with E-state index in [4.69, 9.17) is 4.42 Å². The van der Waals surface area contributed by atoms with Gasteiger partial charge in [-0.15, -0.1) is 0 Å². The van der Waals surface area contributed by atoms with Crippen LogP contribution in [0.15, 0.2) is 59.4 Å². The molecule has 2 atom stereocenters. The second-order valence-electron chi connectivity index (χ2n) is 7.45. The topological polar surface area (TPSA) is 78.7 Å². The molecule has 2 aromatic rings. The minimum Gasteiger partial charge on any atom is -0.467 e. The Hall–Kier alpha value is -3.09. The number of rotatable bonds is 5. The molecule has 1 aliphatic heterocycles. The molecule has 0 radical (unpaired) electrons. The Kier molecular flexibility index (Phi) is 5.93. The van der Waals surface area contributed by atoms with Crippen LogP contribution in [0.25, 0.3) is 0 Å². The number of anilines is 1. The van der Waals surface area contributed by atoms with E-state index >= 15 is 0 Å². The lowest BCUT2D eigenvalue weighted by Crippen LogP contribution is -2.52. The first-order valence-electron chi connectivity index (χ1n) is 10.1. The van der Waals surface area contributed by atoms with Crippen LogP contribution in [0.4, 0.5) is 5.82 Å². The second kappa shape index (κ2) is 8.94. The van der Waals surface area contributed by atoms with Gasteiger partial charge in [-0.05, 0) is 37.1 Å². The van der Waals surface area contributed by atoms with E-state index in [1.807, 2.05) is 41.3 Å². The van der Waals surface area contributed by atoms with Crippen LogP contribution >= 0.6 is 0 Å². The molecule has 7 nitrogen and oxygen atoms in total. The number of pyridine rings is 1. The van der Waals surface area contributed by atoms with Gasteiger partial charge in [-0.3, -0.25) is 9.59 Å². The standard InChI is InChI=1S/C22H26N4O3/c27-21(24-16-17-6-5-15-29-17)18-7-1-2-8-19(18)22(28)26-13-11-25(12-14-26)20-9-3-4-10-23-20/h1-6,9-10,15,18-19H,7-8,11-14,16H2,(H,24,27). The van der Waals surface area contributed by atoms with Crippen LogP contribution in [0, 0.1) is 11.8 Å². The molecule has 2 aromatic heterocycles. The van der Waals surface area contributed by atoms with E-state index in [2.05, 4.69) is 15.2 Å². The first-order chi connectivity index (χ1) is 14.2. The summed E-state index contributed by atoms with van der Waals surface area (Å²) < 4.78 is 5.27. The normalized spacial score (nSPS) is 21.8. The van der Waals surface area contributed by atoms with Crippen LogP contribution < -0.4 is 10.2 Å². The summed E-state index contributed by atoms with van der Waals surface area (Å²) in [5.74, 6) is 0.993. The number of carbonyl (C=O) groups excluding carboxylic acids is 2. The molecule has 2 amide bonds. The van der Waals surface area contributed by atoms with Gasteiger partial charge < -0.3 is 19.5 Å². The van der Waals surface area contributed by atoms with Crippen molar-refractivity contribution in [3.8, 4) is 0 Å². The Bertz CT molecular complexity index is 842. The molecule has 4 rings (SSSR count). The summed E-state index contributed by atoms with van der Waals surface area (Å²) in [7, 11) is 0. The quantitative estimate of drug-likeness (QED) is 0.787. The maximum Gasteiger partial charge on any atom is 0.226 e. The maximum atomic E-state index is 13.2. The fourth-order valence-corrected chi connectivity index (χ4v) is 4.03. The summed E-state index contributed by atoms with van der Waals surface area (Å²) in [6, 6.07) is 9.48.